The van der Waals surface area contributed by atoms with Crippen LogP contribution in [-0.2, 0) is 6.42 Å². The summed E-state index contributed by atoms with van der Waals surface area (Å²) in [6.07, 6.45) is 0.639. The van der Waals surface area contributed by atoms with E-state index in [0.717, 1.165) is 0 Å². The standard InChI is InChI=1S/C10H15FN2/c1-13-9(7-12)6-8-4-2-3-5-10(8)11/h2-5,9,13H,6-7,12H2,1H3. The van der Waals surface area contributed by atoms with Crippen molar-refractivity contribution in [2.45, 2.75) is 12.5 Å². The fraction of sp³-hybridized carbons (Fsp3) is 0.400. The second-order valence-electron chi connectivity index (χ2n) is 3.02. The third-order valence-electron chi connectivity index (χ3n) is 2.12. The van der Waals surface area contributed by atoms with Gasteiger partial charge in [-0.1, -0.05) is 18.2 Å². The molecule has 0 aliphatic carbocycles. The van der Waals surface area contributed by atoms with E-state index >= 15 is 0 Å². The fourth-order valence-corrected chi connectivity index (χ4v) is 1.23. The van der Waals surface area contributed by atoms with Gasteiger partial charge in [-0.25, -0.2) is 4.39 Å². The second-order valence-corrected chi connectivity index (χ2v) is 3.02. The molecule has 0 fully saturated rings. The normalized spacial score (nSPS) is 12.8. The van der Waals surface area contributed by atoms with Gasteiger partial charge < -0.3 is 11.1 Å². The van der Waals surface area contributed by atoms with E-state index in [4.69, 9.17) is 5.73 Å². The topological polar surface area (TPSA) is 38.0 Å². The zero-order valence-corrected chi connectivity index (χ0v) is 7.76. The number of halogens is 1. The molecule has 3 N–H and O–H groups in total. The zero-order chi connectivity index (χ0) is 9.68. The van der Waals surface area contributed by atoms with E-state index in [2.05, 4.69) is 5.32 Å². The van der Waals surface area contributed by atoms with E-state index in [-0.39, 0.29) is 11.9 Å². The number of likely N-dealkylation sites (N-methyl/N-ethyl adjacent to an activating group) is 1. The highest BCUT2D eigenvalue weighted by atomic mass is 19.1. The zero-order valence-electron chi connectivity index (χ0n) is 7.76. The van der Waals surface area contributed by atoms with Crippen molar-refractivity contribution in [2.24, 2.45) is 5.73 Å². The SMILES string of the molecule is CNC(CN)Cc1ccccc1F. The van der Waals surface area contributed by atoms with Gasteiger partial charge in [0.1, 0.15) is 5.82 Å². The van der Waals surface area contributed by atoms with Gasteiger partial charge in [0.15, 0.2) is 0 Å². The molecule has 1 atom stereocenters. The molecular weight excluding hydrogens is 167 g/mol. The average Bonchev–Trinajstić information content (AvgIpc) is 2.17. The molecule has 2 nitrogen and oxygen atoms in total. The van der Waals surface area contributed by atoms with Crippen LogP contribution in [0.4, 0.5) is 4.39 Å². The summed E-state index contributed by atoms with van der Waals surface area (Å²) in [6, 6.07) is 6.93. The molecule has 0 saturated carbocycles. The Bertz CT molecular complexity index is 259. The molecule has 1 unspecified atom stereocenters. The highest BCUT2D eigenvalue weighted by Crippen LogP contribution is 2.08. The van der Waals surface area contributed by atoms with Gasteiger partial charge in [-0.15, -0.1) is 0 Å². The molecule has 0 amide bonds. The van der Waals surface area contributed by atoms with Crippen LogP contribution in [0.3, 0.4) is 0 Å². The van der Waals surface area contributed by atoms with Crippen LogP contribution in [0.2, 0.25) is 0 Å². The summed E-state index contributed by atoms with van der Waals surface area (Å²) >= 11 is 0. The molecule has 0 radical (unpaired) electrons. The number of hydrogen-bond donors (Lipinski definition) is 2. The summed E-state index contributed by atoms with van der Waals surface area (Å²) in [6.45, 7) is 0.519. The Hall–Kier alpha value is -0.930. The van der Waals surface area contributed by atoms with E-state index in [9.17, 15) is 4.39 Å². The molecule has 0 saturated heterocycles. The van der Waals surface area contributed by atoms with Crippen molar-refractivity contribution in [2.75, 3.05) is 13.6 Å². The van der Waals surface area contributed by atoms with E-state index in [0.29, 0.717) is 18.5 Å². The fourth-order valence-electron chi connectivity index (χ4n) is 1.23. The first kappa shape index (κ1) is 10.2. The molecule has 0 spiro atoms. The number of benzene rings is 1. The van der Waals surface area contributed by atoms with Gasteiger partial charge in [0.2, 0.25) is 0 Å². The summed E-state index contributed by atoms with van der Waals surface area (Å²) in [5.74, 6) is -0.156. The van der Waals surface area contributed by atoms with Crippen molar-refractivity contribution in [1.82, 2.24) is 5.32 Å². The maximum absolute atomic E-state index is 13.2. The van der Waals surface area contributed by atoms with Gasteiger partial charge in [-0.3, -0.25) is 0 Å². The quantitative estimate of drug-likeness (QED) is 0.726. The van der Waals surface area contributed by atoms with E-state index in [1.165, 1.54) is 6.07 Å². The second kappa shape index (κ2) is 4.94. The van der Waals surface area contributed by atoms with Gasteiger partial charge >= 0.3 is 0 Å². The van der Waals surface area contributed by atoms with Gasteiger partial charge in [-0.2, -0.15) is 0 Å². The first-order valence-corrected chi connectivity index (χ1v) is 4.38. The van der Waals surface area contributed by atoms with Gasteiger partial charge in [0.05, 0.1) is 0 Å². The molecule has 1 aromatic carbocycles. The predicted octanol–water partition coefficient (Wildman–Crippen LogP) is 0.915. The van der Waals surface area contributed by atoms with Crippen molar-refractivity contribution in [1.29, 1.82) is 0 Å². The minimum Gasteiger partial charge on any atom is -0.329 e. The highest BCUT2D eigenvalue weighted by molar-refractivity contribution is 5.18. The van der Waals surface area contributed by atoms with Crippen molar-refractivity contribution in [3.05, 3.63) is 35.6 Å². The number of rotatable bonds is 4. The molecule has 13 heavy (non-hydrogen) atoms. The highest BCUT2D eigenvalue weighted by Gasteiger charge is 2.07. The molecule has 3 heteroatoms. The first-order chi connectivity index (χ1) is 6.27. The Morgan fingerprint density at radius 2 is 2.15 bits per heavy atom. The number of nitrogens with two attached hydrogens (primary N) is 1. The summed E-state index contributed by atoms with van der Waals surface area (Å²) in [5.41, 5.74) is 6.21. The Morgan fingerprint density at radius 1 is 1.46 bits per heavy atom. The Balaban J connectivity index is 2.67. The lowest BCUT2D eigenvalue weighted by atomic mass is 10.1. The van der Waals surface area contributed by atoms with Crippen LogP contribution < -0.4 is 11.1 Å². The van der Waals surface area contributed by atoms with Gasteiger partial charge in [0.25, 0.3) is 0 Å². The maximum Gasteiger partial charge on any atom is 0.126 e. The summed E-state index contributed by atoms with van der Waals surface area (Å²) < 4.78 is 13.2. The maximum atomic E-state index is 13.2. The minimum atomic E-state index is -0.156. The van der Waals surface area contributed by atoms with Crippen molar-refractivity contribution >= 4 is 0 Å². The van der Waals surface area contributed by atoms with Crippen LogP contribution in [0.25, 0.3) is 0 Å². The summed E-state index contributed by atoms with van der Waals surface area (Å²) in [5, 5.41) is 3.04. The van der Waals surface area contributed by atoms with Crippen LogP contribution >= 0.6 is 0 Å². The predicted molar refractivity (Wildman–Crippen MR) is 52.0 cm³/mol. The van der Waals surface area contributed by atoms with Crippen molar-refractivity contribution < 1.29 is 4.39 Å². The van der Waals surface area contributed by atoms with Crippen molar-refractivity contribution in [3.8, 4) is 0 Å². The van der Waals surface area contributed by atoms with E-state index < -0.39 is 0 Å². The Labute approximate surface area is 77.9 Å². The Kier molecular flexibility index (Phi) is 3.86. The van der Waals surface area contributed by atoms with E-state index in [1.54, 1.807) is 12.1 Å². The molecule has 0 aliphatic heterocycles. The largest absolute Gasteiger partial charge is 0.329 e. The smallest absolute Gasteiger partial charge is 0.126 e. The van der Waals surface area contributed by atoms with Crippen LogP contribution in [-0.4, -0.2) is 19.6 Å². The lowest BCUT2D eigenvalue weighted by Gasteiger charge is -2.13. The third kappa shape index (κ3) is 2.79. The molecule has 0 aromatic heterocycles. The monoisotopic (exact) mass is 182 g/mol. The molecule has 0 aliphatic rings. The van der Waals surface area contributed by atoms with Crippen LogP contribution in [0.5, 0.6) is 0 Å². The molecule has 0 bridgehead atoms. The molecule has 0 heterocycles. The van der Waals surface area contributed by atoms with Crippen molar-refractivity contribution in [3.63, 3.8) is 0 Å². The molecule has 1 rings (SSSR count). The number of nitrogens with one attached hydrogen (secondary N) is 1. The minimum absolute atomic E-state index is 0.150. The summed E-state index contributed by atoms with van der Waals surface area (Å²) in [7, 11) is 1.83. The first-order valence-electron chi connectivity index (χ1n) is 4.38. The third-order valence-corrected chi connectivity index (χ3v) is 2.12. The van der Waals surface area contributed by atoms with Gasteiger partial charge in [-0.05, 0) is 25.1 Å². The number of hydrogen-bond acceptors (Lipinski definition) is 2. The summed E-state index contributed by atoms with van der Waals surface area (Å²) in [4.78, 5) is 0. The lowest BCUT2D eigenvalue weighted by Crippen LogP contribution is -2.35. The van der Waals surface area contributed by atoms with Crippen LogP contribution in [0.15, 0.2) is 24.3 Å². The molecular formula is C10H15FN2. The van der Waals surface area contributed by atoms with E-state index in [1.807, 2.05) is 13.1 Å². The van der Waals surface area contributed by atoms with Crippen LogP contribution in [0, 0.1) is 5.82 Å². The lowest BCUT2D eigenvalue weighted by molar-refractivity contribution is 0.541. The average molecular weight is 182 g/mol. The van der Waals surface area contributed by atoms with Crippen LogP contribution in [0.1, 0.15) is 5.56 Å². The van der Waals surface area contributed by atoms with Gasteiger partial charge in [0, 0.05) is 12.6 Å². The Morgan fingerprint density at radius 3 is 2.69 bits per heavy atom. The molecule has 72 valence electrons. The molecule has 1 aromatic rings.